The third-order valence-corrected chi connectivity index (χ3v) is 2.59. The van der Waals surface area contributed by atoms with Crippen LogP contribution in [0.2, 0.25) is 0 Å². The van der Waals surface area contributed by atoms with Gasteiger partial charge in [-0.25, -0.2) is 4.79 Å². The van der Waals surface area contributed by atoms with Crippen LogP contribution in [0.5, 0.6) is 5.75 Å². The first kappa shape index (κ1) is 14.8. The topological polar surface area (TPSA) is 26.3 Å². The minimum Gasteiger partial charge on any atom is -0.420 e. The van der Waals surface area contributed by atoms with E-state index in [0.29, 0.717) is 0 Å². The van der Waals surface area contributed by atoms with E-state index >= 15 is 0 Å². The SMILES string of the molecule is O=C(Oc1ccc(/C=C/c2ccccc2)cc1)C(F)(F)F. The summed E-state index contributed by atoms with van der Waals surface area (Å²) in [6, 6.07) is 15.3. The molecule has 0 aromatic heterocycles. The molecule has 0 atom stereocenters. The molecule has 21 heavy (non-hydrogen) atoms. The Bertz CT molecular complexity index is 629. The number of rotatable bonds is 3. The number of halogens is 3. The third-order valence-electron chi connectivity index (χ3n) is 2.59. The van der Waals surface area contributed by atoms with Crippen LogP contribution < -0.4 is 4.74 Å². The molecule has 0 saturated heterocycles. The molecule has 2 rings (SSSR count). The minimum absolute atomic E-state index is 0.144. The monoisotopic (exact) mass is 292 g/mol. The number of alkyl halides is 3. The average molecular weight is 292 g/mol. The summed E-state index contributed by atoms with van der Waals surface area (Å²) < 4.78 is 40.3. The molecule has 0 heterocycles. The van der Waals surface area contributed by atoms with Crippen molar-refractivity contribution in [3.8, 4) is 5.75 Å². The first-order valence-electron chi connectivity index (χ1n) is 6.07. The van der Waals surface area contributed by atoms with Crippen LogP contribution >= 0.6 is 0 Å². The van der Waals surface area contributed by atoms with Gasteiger partial charge in [-0.15, -0.1) is 0 Å². The molecule has 2 aromatic rings. The van der Waals surface area contributed by atoms with Crippen molar-refractivity contribution in [2.24, 2.45) is 0 Å². The zero-order valence-corrected chi connectivity index (χ0v) is 10.8. The highest BCUT2D eigenvalue weighted by molar-refractivity contribution is 5.78. The molecule has 0 fully saturated rings. The Morgan fingerprint density at radius 3 is 1.90 bits per heavy atom. The molecule has 2 aromatic carbocycles. The van der Waals surface area contributed by atoms with Crippen LogP contribution in [0.3, 0.4) is 0 Å². The van der Waals surface area contributed by atoms with Crippen LogP contribution in [0.15, 0.2) is 54.6 Å². The second kappa shape index (κ2) is 6.26. The van der Waals surface area contributed by atoms with Crippen molar-refractivity contribution in [2.75, 3.05) is 0 Å². The molecule has 0 N–H and O–H groups in total. The fourth-order valence-corrected chi connectivity index (χ4v) is 1.57. The number of hydrogen-bond acceptors (Lipinski definition) is 2. The maximum atomic E-state index is 12.0. The van der Waals surface area contributed by atoms with Gasteiger partial charge in [-0.05, 0) is 23.3 Å². The highest BCUT2D eigenvalue weighted by Crippen LogP contribution is 2.20. The normalized spacial score (nSPS) is 11.6. The second-order valence-corrected chi connectivity index (χ2v) is 4.20. The van der Waals surface area contributed by atoms with E-state index in [9.17, 15) is 18.0 Å². The lowest BCUT2D eigenvalue weighted by atomic mass is 10.1. The van der Waals surface area contributed by atoms with Crippen molar-refractivity contribution in [1.82, 2.24) is 0 Å². The van der Waals surface area contributed by atoms with Gasteiger partial charge < -0.3 is 4.74 Å². The lowest BCUT2D eigenvalue weighted by Gasteiger charge is -2.06. The number of hydrogen-bond donors (Lipinski definition) is 0. The van der Waals surface area contributed by atoms with Crippen molar-refractivity contribution in [3.63, 3.8) is 0 Å². The Kier molecular flexibility index (Phi) is 4.42. The Morgan fingerprint density at radius 1 is 0.857 bits per heavy atom. The van der Waals surface area contributed by atoms with Gasteiger partial charge in [-0.3, -0.25) is 0 Å². The van der Waals surface area contributed by atoms with Crippen LogP contribution in [-0.4, -0.2) is 12.1 Å². The molecular formula is C16H11F3O2. The van der Waals surface area contributed by atoms with E-state index < -0.39 is 12.1 Å². The Morgan fingerprint density at radius 2 is 1.38 bits per heavy atom. The van der Waals surface area contributed by atoms with Gasteiger partial charge in [0.25, 0.3) is 0 Å². The van der Waals surface area contributed by atoms with Gasteiger partial charge in [0.1, 0.15) is 5.75 Å². The van der Waals surface area contributed by atoms with Gasteiger partial charge >= 0.3 is 12.1 Å². The Hall–Kier alpha value is -2.56. The molecule has 108 valence electrons. The first-order valence-corrected chi connectivity index (χ1v) is 6.07. The molecule has 5 heteroatoms. The summed E-state index contributed by atoms with van der Waals surface area (Å²) in [7, 11) is 0. The van der Waals surface area contributed by atoms with Gasteiger partial charge in [-0.2, -0.15) is 13.2 Å². The van der Waals surface area contributed by atoms with E-state index in [1.807, 2.05) is 42.5 Å². The molecular weight excluding hydrogens is 281 g/mol. The van der Waals surface area contributed by atoms with Gasteiger partial charge in [0.2, 0.25) is 0 Å². The lowest BCUT2D eigenvalue weighted by molar-refractivity contribution is -0.189. The van der Waals surface area contributed by atoms with Crippen molar-refractivity contribution in [2.45, 2.75) is 6.18 Å². The zero-order chi connectivity index (χ0) is 15.3. The van der Waals surface area contributed by atoms with Crippen LogP contribution in [0.4, 0.5) is 13.2 Å². The largest absolute Gasteiger partial charge is 0.491 e. The lowest BCUT2D eigenvalue weighted by Crippen LogP contribution is -2.27. The quantitative estimate of drug-likeness (QED) is 0.478. The highest BCUT2D eigenvalue weighted by Gasteiger charge is 2.41. The fraction of sp³-hybridized carbons (Fsp3) is 0.0625. The molecule has 0 saturated carbocycles. The molecule has 0 bridgehead atoms. The molecule has 0 aliphatic rings. The summed E-state index contributed by atoms with van der Waals surface area (Å²) in [5, 5.41) is 0. The van der Waals surface area contributed by atoms with Crippen LogP contribution in [0.25, 0.3) is 12.2 Å². The van der Waals surface area contributed by atoms with E-state index in [0.717, 1.165) is 11.1 Å². The van der Waals surface area contributed by atoms with Crippen LogP contribution in [0.1, 0.15) is 11.1 Å². The summed E-state index contributed by atoms with van der Waals surface area (Å²) in [5.74, 6) is -2.37. The molecule has 2 nitrogen and oxygen atoms in total. The van der Waals surface area contributed by atoms with Gasteiger partial charge in [0, 0.05) is 0 Å². The third kappa shape index (κ3) is 4.49. The number of carbonyl (C=O) groups is 1. The molecule has 0 spiro atoms. The second-order valence-electron chi connectivity index (χ2n) is 4.20. The maximum Gasteiger partial charge on any atom is 0.491 e. The van der Waals surface area contributed by atoms with Crippen LogP contribution in [-0.2, 0) is 4.79 Å². The van der Waals surface area contributed by atoms with E-state index in [4.69, 9.17) is 0 Å². The molecule has 0 radical (unpaired) electrons. The van der Waals surface area contributed by atoms with E-state index in [-0.39, 0.29) is 5.75 Å². The highest BCUT2D eigenvalue weighted by atomic mass is 19.4. The number of esters is 1. The van der Waals surface area contributed by atoms with Crippen molar-refractivity contribution in [3.05, 3.63) is 65.7 Å². The number of benzene rings is 2. The standard InChI is InChI=1S/C16H11F3O2/c17-16(18,19)15(20)21-14-10-8-13(9-11-14)7-6-12-4-2-1-3-5-12/h1-11H/b7-6+. The smallest absolute Gasteiger partial charge is 0.420 e. The predicted octanol–water partition coefficient (Wildman–Crippen LogP) is 4.32. The Labute approximate surface area is 119 Å². The summed E-state index contributed by atoms with van der Waals surface area (Å²) in [6.45, 7) is 0. The first-order chi connectivity index (χ1) is 9.95. The predicted molar refractivity (Wildman–Crippen MR) is 73.5 cm³/mol. The molecule has 0 amide bonds. The summed E-state index contributed by atoms with van der Waals surface area (Å²) >= 11 is 0. The van der Waals surface area contributed by atoms with Crippen molar-refractivity contribution >= 4 is 18.1 Å². The minimum atomic E-state index is -4.99. The van der Waals surface area contributed by atoms with Crippen LogP contribution in [0, 0.1) is 0 Å². The molecule has 0 aliphatic heterocycles. The summed E-state index contributed by atoms with van der Waals surface area (Å²) in [5.41, 5.74) is 1.79. The van der Waals surface area contributed by atoms with Gasteiger partial charge in [0.05, 0.1) is 0 Å². The fourth-order valence-electron chi connectivity index (χ4n) is 1.57. The van der Waals surface area contributed by atoms with Crippen molar-refractivity contribution in [1.29, 1.82) is 0 Å². The molecule has 0 unspecified atom stereocenters. The van der Waals surface area contributed by atoms with E-state index in [1.54, 1.807) is 12.1 Å². The summed E-state index contributed by atoms with van der Waals surface area (Å²) in [4.78, 5) is 10.7. The maximum absolute atomic E-state index is 12.0. The molecule has 0 aliphatic carbocycles. The van der Waals surface area contributed by atoms with Crippen molar-refractivity contribution < 1.29 is 22.7 Å². The van der Waals surface area contributed by atoms with Gasteiger partial charge in [0.15, 0.2) is 0 Å². The Balaban J connectivity index is 2.03. The summed E-state index contributed by atoms with van der Waals surface area (Å²) in [6.07, 6.45) is -1.31. The van der Waals surface area contributed by atoms with Gasteiger partial charge in [-0.1, -0.05) is 54.6 Å². The van der Waals surface area contributed by atoms with E-state index in [1.165, 1.54) is 12.1 Å². The average Bonchev–Trinajstić information content (AvgIpc) is 2.46. The number of ether oxygens (including phenoxy) is 1. The van der Waals surface area contributed by atoms with E-state index in [2.05, 4.69) is 4.74 Å². The zero-order valence-electron chi connectivity index (χ0n) is 10.8. The number of carbonyl (C=O) groups excluding carboxylic acids is 1.